The number of carbonyl (C=O) groups excluding carboxylic acids is 2. The van der Waals surface area contributed by atoms with Gasteiger partial charge in [-0.1, -0.05) is 32.0 Å². The van der Waals surface area contributed by atoms with Gasteiger partial charge >= 0.3 is 6.03 Å². The van der Waals surface area contributed by atoms with Gasteiger partial charge in [-0.3, -0.25) is 9.69 Å². The largest absolute Gasteiger partial charge is 0.329 e. The lowest BCUT2D eigenvalue weighted by Gasteiger charge is -2.37. The van der Waals surface area contributed by atoms with Gasteiger partial charge in [0.25, 0.3) is 0 Å². The summed E-state index contributed by atoms with van der Waals surface area (Å²) in [5.41, 5.74) is 2.07. The third kappa shape index (κ3) is 3.74. The van der Waals surface area contributed by atoms with E-state index in [1.807, 2.05) is 24.5 Å². The normalized spacial score (nSPS) is 27.9. The molecule has 168 valence electrons. The Balaban J connectivity index is 1.60. The summed E-state index contributed by atoms with van der Waals surface area (Å²) in [5.74, 6) is 0.0807. The summed E-state index contributed by atoms with van der Waals surface area (Å²) in [5, 5.41) is 4.98. The lowest BCUT2D eigenvalue weighted by Crippen LogP contribution is -2.58. The first kappa shape index (κ1) is 21.9. The van der Waals surface area contributed by atoms with E-state index in [2.05, 4.69) is 52.3 Å². The quantitative estimate of drug-likeness (QED) is 0.536. The third-order valence-corrected chi connectivity index (χ3v) is 10.6. The van der Waals surface area contributed by atoms with Crippen LogP contribution in [0.3, 0.4) is 0 Å². The topological polar surface area (TPSA) is 67.2 Å². The number of amides is 3. The number of fused-ring (bicyclic) bond motifs is 2. The number of thioether (sulfide) groups is 2. The fraction of sp³-hybridized carbons (Fsp3) is 0.435. The van der Waals surface area contributed by atoms with Gasteiger partial charge in [0.05, 0.1) is 32.9 Å². The van der Waals surface area contributed by atoms with Gasteiger partial charge in [-0.05, 0) is 35.9 Å². The van der Waals surface area contributed by atoms with E-state index in [1.165, 1.54) is 9.11 Å². The summed E-state index contributed by atoms with van der Waals surface area (Å²) in [6, 6.07) is 12.0. The highest BCUT2D eigenvalue weighted by molar-refractivity contribution is 8.06. The minimum absolute atomic E-state index is 0.0234. The number of para-hydroxylation sites is 2. The summed E-state index contributed by atoms with van der Waals surface area (Å²) in [6.45, 7) is 5.20. The highest BCUT2D eigenvalue weighted by atomic mass is 32.2. The maximum Gasteiger partial charge on any atom is 0.324 e. The Hall–Kier alpha value is -1.97. The second kappa shape index (κ2) is 8.43. The average molecular weight is 487 g/mol. The molecule has 1 N–H and O–H groups in total. The fourth-order valence-corrected chi connectivity index (χ4v) is 9.69. The van der Waals surface area contributed by atoms with Crippen molar-refractivity contribution in [3.63, 3.8) is 0 Å². The standard InChI is InChI=1S/C23H26N4O2S3/c1-14(2)11-23(12-27-13-24-15-7-4-5-8-16(15)27)19(31-17-9-6-10-30-17)18-20(32-23)25-22(29)26(3)21(18)28/h4-10,13-14,18-20H,11-12H2,1-3H3,(H,25,29). The number of nitrogens with zero attached hydrogens (tertiary/aromatic N) is 3. The van der Waals surface area contributed by atoms with E-state index in [0.717, 1.165) is 24.0 Å². The Morgan fingerprint density at radius 3 is 2.78 bits per heavy atom. The van der Waals surface area contributed by atoms with Gasteiger partial charge in [-0.15, -0.1) is 34.9 Å². The molecule has 2 aliphatic rings. The van der Waals surface area contributed by atoms with Gasteiger partial charge in [-0.2, -0.15) is 0 Å². The van der Waals surface area contributed by atoms with Crippen LogP contribution in [0.5, 0.6) is 0 Å². The second-order valence-corrected chi connectivity index (χ2v) is 12.9. The van der Waals surface area contributed by atoms with E-state index in [9.17, 15) is 9.59 Å². The maximum atomic E-state index is 13.4. The molecule has 4 heterocycles. The predicted molar refractivity (Wildman–Crippen MR) is 132 cm³/mol. The van der Waals surface area contributed by atoms with Gasteiger partial charge in [0, 0.05) is 23.6 Å². The third-order valence-electron chi connectivity index (χ3n) is 6.18. The Morgan fingerprint density at radius 2 is 2.03 bits per heavy atom. The summed E-state index contributed by atoms with van der Waals surface area (Å²) in [4.78, 5) is 31.7. The molecule has 6 nitrogen and oxygen atoms in total. The van der Waals surface area contributed by atoms with Crippen LogP contribution < -0.4 is 5.32 Å². The molecular weight excluding hydrogens is 460 g/mol. The molecule has 0 spiro atoms. The van der Waals surface area contributed by atoms with E-state index >= 15 is 0 Å². The summed E-state index contributed by atoms with van der Waals surface area (Å²) >= 11 is 5.27. The first-order valence-electron chi connectivity index (χ1n) is 10.7. The first-order valence-corrected chi connectivity index (χ1v) is 13.4. The molecule has 2 aliphatic heterocycles. The molecule has 2 fully saturated rings. The molecule has 1 aromatic carbocycles. The highest BCUT2D eigenvalue weighted by Gasteiger charge is 2.60. The summed E-state index contributed by atoms with van der Waals surface area (Å²) in [7, 11) is 1.58. The molecule has 2 aromatic heterocycles. The van der Waals surface area contributed by atoms with Crippen molar-refractivity contribution in [3.05, 3.63) is 48.1 Å². The van der Waals surface area contributed by atoms with Gasteiger partial charge < -0.3 is 9.88 Å². The number of thiophene rings is 1. The molecule has 0 aliphatic carbocycles. The van der Waals surface area contributed by atoms with E-state index in [-0.39, 0.29) is 33.2 Å². The zero-order chi connectivity index (χ0) is 22.5. The van der Waals surface area contributed by atoms with Crippen molar-refractivity contribution in [1.82, 2.24) is 19.8 Å². The van der Waals surface area contributed by atoms with Gasteiger partial charge in [0.1, 0.15) is 0 Å². The minimum Gasteiger partial charge on any atom is -0.329 e. The molecule has 32 heavy (non-hydrogen) atoms. The van der Waals surface area contributed by atoms with Gasteiger partial charge in [0.15, 0.2) is 0 Å². The fourth-order valence-electron chi connectivity index (χ4n) is 4.91. The van der Waals surface area contributed by atoms with E-state index in [0.29, 0.717) is 5.92 Å². The number of imidazole rings is 1. The van der Waals surface area contributed by atoms with Crippen molar-refractivity contribution in [2.24, 2.45) is 11.8 Å². The zero-order valence-corrected chi connectivity index (χ0v) is 20.7. The Bertz CT molecular complexity index is 1150. The van der Waals surface area contributed by atoms with E-state index in [1.54, 1.807) is 41.9 Å². The molecule has 0 radical (unpaired) electrons. The lowest BCUT2D eigenvalue weighted by molar-refractivity contribution is -0.132. The molecule has 3 amide bonds. The number of nitrogens with one attached hydrogen (secondary N) is 1. The smallest absolute Gasteiger partial charge is 0.324 e. The van der Waals surface area contributed by atoms with Gasteiger partial charge in [-0.25, -0.2) is 9.78 Å². The van der Waals surface area contributed by atoms with Crippen molar-refractivity contribution in [2.45, 2.75) is 46.4 Å². The van der Waals surface area contributed by atoms with Crippen molar-refractivity contribution in [2.75, 3.05) is 7.05 Å². The molecule has 0 saturated carbocycles. The maximum absolute atomic E-state index is 13.4. The van der Waals surface area contributed by atoms with E-state index < -0.39 is 0 Å². The van der Waals surface area contributed by atoms with Crippen LogP contribution in [-0.2, 0) is 11.3 Å². The minimum atomic E-state index is -0.308. The molecule has 4 atom stereocenters. The van der Waals surface area contributed by atoms with Gasteiger partial charge in [0.2, 0.25) is 5.91 Å². The highest BCUT2D eigenvalue weighted by Crippen LogP contribution is 2.58. The molecule has 4 unspecified atom stereocenters. The SMILES string of the molecule is CC(C)CC1(Cn2cnc3ccccc32)SC2NC(=O)N(C)C(=O)C2C1Sc1cccs1. The number of aromatic nitrogens is 2. The van der Waals surface area contributed by atoms with Crippen LogP contribution in [0.15, 0.2) is 52.3 Å². The molecule has 0 bridgehead atoms. The molecule has 3 aromatic rings. The number of hydrogen-bond acceptors (Lipinski definition) is 6. The summed E-state index contributed by atoms with van der Waals surface area (Å²) in [6.07, 6.45) is 2.85. The zero-order valence-electron chi connectivity index (χ0n) is 18.2. The predicted octanol–water partition coefficient (Wildman–Crippen LogP) is 4.91. The van der Waals surface area contributed by atoms with Crippen LogP contribution >= 0.6 is 34.9 Å². The first-order chi connectivity index (χ1) is 15.4. The molecule has 9 heteroatoms. The second-order valence-electron chi connectivity index (χ2n) is 8.91. The van der Waals surface area contributed by atoms with Crippen molar-refractivity contribution in [3.8, 4) is 0 Å². The Morgan fingerprint density at radius 1 is 1.22 bits per heavy atom. The summed E-state index contributed by atoms with van der Waals surface area (Å²) < 4.78 is 3.18. The molecular formula is C23H26N4O2S3. The Kier molecular flexibility index (Phi) is 5.75. The van der Waals surface area contributed by atoms with Crippen LogP contribution in [-0.4, -0.2) is 48.8 Å². The average Bonchev–Trinajstić information content (AvgIpc) is 3.46. The van der Waals surface area contributed by atoms with E-state index in [4.69, 9.17) is 0 Å². The van der Waals surface area contributed by atoms with Crippen molar-refractivity contribution < 1.29 is 9.59 Å². The Labute approximate surface area is 200 Å². The molecule has 5 rings (SSSR count). The van der Waals surface area contributed by atoms with Crippen LogP contribution in [0.2, 0.25) is 0 Å². The van der Waals surface area contributed by atoms with Crippen LogP contribution in [0.25, 0.3) is 11.0 Å². The van der Waals surface area contributed by atoms with Crippen molar-refractivity contribution >= 4 is 57.8 Å². The number of rotatable bonds is 6. The number of benzene rings is 1. The number of urea groups is 1. The lowest BCUT2D eigenvalue weighted by atomic mass is 9.85. The van der Waals surface area contributed by atoms with Crippen LogP contribution in [0.1, 0.15) is 20.3 Å². The monoisotopic (exact) mass is 486 g/mol. The molecule has 2 saturated heterocycles. The number of hydrogen-bond donors (Lipinski definition) is 1. The van der Waals surface area contributed by atoms with Crippen LogP contribution in [0.4, 0.5) is 4.79 Å². The number of imide groups is 1. The van der Waals surface area contributed by atoms with Crippen LogP contribution in [0, 0.1) is 11.8 Å². The number of carbonyl (C=O) groups is 2. The van der Waals surface area contributed by atoms with Crippen molar-refractivity contribution in [1.29, 1.82) is 0 Å².